The van der Waals surface area contributed by atoms with Crippen LogP contribution in [0.4, 0.5) is 0 Å². The molecule has 248 valence electrons. The van der Waals surface area contributed by atoms with E-state index in [0.717, 1.165) is 12.8 Å². The van der Waals surface area contributed by atoms with Gasteiger partial charge in [0.2, 0.25) is 17.7 Å². The number of nitrogens with one attached hydrogen (secondary N) is 4. The lowest BCUT2D eigenvalue weighted by molar-refractivity contribution is -0.144. The summed E-state index contributed by atoms with van der Waals surface area (Å²) in [5, 5.41) is 25.6. The van der Waals surface area contributed by atoms with Crippen LogP contribution in [0.2, 0.25) is 0 Å². The number of carboxylic acids is 2. The standard InChI is InChI=1S/C27H48N4O11S/c1-4-7-19(3)17-24(34)31-43(40)16-6-9-22(32)28-12-13-41-14-15-42-18-25(35)30-21(27(38)39)10-11-23(33)29-20(8-5-2)26(36)37/h19-21H,4-18H2,1-3H3,(H,28,32)(H,29,33)(H,30,35)(H,31,34)(H,36,37)(H,38,39). The molecule has 0 bridgehead atoms. The van der Waals surface area contributed by atoms with Crippen molar-refractivity contribution in [3.8, 4) is 0 Å². The molecule has 4 amide bonds. The molecule has 0 heterocycles. The summed E-state index contributed by atoms with van der Waals surface area (Å²) in [5.41, 5.74) is 0. The molecule has 4 atom stereocenters. The molecule has 0 fully saturated rings. The summed E-state index contributed by atoms with van der Waals surface area (Å²) in [6, 6.07) is -2.41. The number of carbonyl (C=O) groups is 6. The lowest BCUT2D eigenvalue weighted by Crippen LogP contribution is -2.44. The molecule has 4 unspecified atom stereocenters. The van der Waals surface area contributed by atoms with Crippen molar-refractivity contribution in [2.75, 3.05) is 38.7 Å². The van der Waals surface area contributed by atoms with Crippen LogP contribution < -0.4 is 20.7 Å². The zero-order valence-electron chi connectivity index (χ0n) is 25.3. The highest BCUT2D eigenvalue weighted by molar-refractivity contribution is 7.90. The van der Waals surface area contributed by atoms with E-state index in [2.05, 4.69) is 20.7 Å². The molecule has 6 N–H and O–H groups in total. The summed E-state index contributed by atoms with van der Waals surface area (Å²) in [7, 11) is 0. The number of rotatable bonds is 26. The van der Waals surface area contributed by atoms with E-state index >= 15 is 0 Å². The Labute approximate surface area is 255 Å². The molecule has 0 rings (SSSR count). The summed E-state index contributed by atoms with van der Waals surface area (Å²) in [4.78, 5) is 70.3. The molecule has 0 aromatic carbocycles. The van der Waals surface area contributed by atoms with Crippen LogP contribution in [0.1, 0.15) is 78.6 Å². The highest BCUT2D eigenvalue weighted by Crippen LogP contribution is 2.10. The van der Waals surface area contributed by atoms with E-state index in [4.69, 9.17) is 14.6 Å². The topological polar surface area (TPSA) is 233 Å². The average Bonchev–Trinajstić information content (AvgIpc) is 2.91. The normalized spacial score (nSPS) is 13.7. The van der Waals surface area contributed by atoms with Crippen molar-refractivity contribution in [2.45, 2.75) is 90.6 Å². The van der Waals surface area contributed by atoms with E-state index in [9.17, 15) is 38.4 Å². The molecule has 0 radical (unpaired) electrons. The Morgan fingerprint density at radius 3 is 2.00 bits per heavy atom. The molecular weight excluding hydrogens is 588 g/mol. The monoisotopic (exact) mass is 636 g/mol. The second-order valence-electron chi connectivity index (χ2n) is 10.0. The number of amides is 4. The van der Waals surface area contributed by atoms with Crippen LogP contribution in [0.3, 0.4) is 0 Å². The predicted octanol–water partition coefficient (Wildman–Crippen LogP) is 0.241. The van der Waals surface area contributed by atoms with E-state index in [0.29, 0.717) is 19.3 Å². The van der Waals surface area contributed by atoms with Gasteiger partial charge in [0, 0.05) is 32.2 Å². The van der Waals surface area contributed by atoms with E-state index < -0.39 is 53.8 Å². The Balaban J connectivity index is 3.97. The Kier molecular flexibility index (Phi) is 22.8. The SMILES string of the molecule is CCCC(C)CC(=O)N[S+]([O-])CCCC(=O)NCCOCCOCC(=O)NC(CCC(=O)NC(CCC)C(=O)O)C(=O)O. The molecule has 0 saturated heterocycles. The van der Waals surface area contributed by atoms with Crippen molar-refractivity contribution in [2.24, 2.45) is 5.92 Å². The van der Waals surface area contributed by atoms with Crippen LogP contribution in [0.25, 0.3) is 0 Å². The molecule has 0 aliphatic carbocycles. The summed E-state index contributed by atoms with van der Waals surface area (Å²) in [5.74, 6) is -3.96. The number of hydrogen-bond donors (Lipinski definition) is 6. The lowest BCUT2D eigenvalue weighted by Gasteiger charge is -2.16. The first kappa shape index (κ1) is 40.1. The molecular formula is C27H48N4O11S. The van der Waals surface area contributed by atoms with Crippen molar-refractivity contribution in [1.29, 1.82) is 0 Å². The van der Waals surface area contributed by atoms with Gasteiger partial charge in [0.25, 0.3) is 5.91 Å². The van der Waals surface area contributed by atoms with Gasteiger partial charge in [-0.1, -0.05) is 40.0 Å². The van der Waals surface area contributed by atoms with Crippen molar-refractivity contribution in [3.63, 3.8) is 0 Å². The minimum absolute atomic E-state index is 0.0320. The van der Waals surface area contributed by atoms with Crippen molar-refractivity contribution in [3.05, 3.63) is 0 Å². The molecule has 0 aromatic rings. The summed E-state index contributed by atoms with van der Waals surface area (Å²) in [6.45, 7) is 5.90. The van der Waals surface area contributed by atoms with E-state index in [1.807, 2.05) is 13.8 Å². The van der Waals surface area contributed by atoms with Crippen molar-refractivity contribution >= 4 is 46.9 Å². The fourth-order valence-electron chi connectivity index (χ4n) is 3.81. The zero-order valence-corrected chi connectivity index (χ0v) is 26.1. The fraction of sp³-hybridized carbons (Fsp3) is 0.778. The first-order valence-corrected chi connectivity index (χ1v) is 15.9. The third-order valence-corrected chi connectivity index (χ3v) is 7.07. The smallest absolute Gasteiger partial charge is 0.326 e. The summed E-state index contributed by atoms with van der Waals surface area (Å²) in [6.07, 6.45) is 2.99. The molecule has 0 spiro atoms. The van der Waals surface area contributed by atoms with Crippen LogP contribution in [0.15, 0.2) is 0 Å². The van der Waals surface area contributed by atoms with Gasteiger partial charge in [-0.2, -0.15) is 4.72 Å². The van der Waals surface area contributed by atoms with Gasteiger partial charge in [-0.25, -0.2) is 9.59 Å². The second kappa shape index (κ2) is 24.5. The van der Waals surface area contributed by atoms with Gasteiger partial charge in [-0.15, -0.1) is 0 Å². The molecule has 16 heteroatoms. The van der Waals surface area contributed by atoms with E-state index in [1.165, 1.54) is 0 Å². The maximum Gasteiger partial charge on any atom is 0.326 e. The Morgan fingerprint density at radius 2 is 1.37 bits per heavy atom. The number of carboxylic acid groups (broad SMARTS) is 2. The van der Waals surface area contributed by atoms with Crippen molar-refractivity contribution < 1.29 is 53.0 Å². The molecule has 0 aliphatic heterocycles. The number of ether oxygens (including phenoxy) is 2. The summed E-state index contributed by atoms with van der Waals surface area (Å²) >= 11 is -1.53. The highest BCUT2D eigenvalue weighted by atomic mass is 32.2. The second-order valence-corrected chi connectivity index (χ2v) is 11.3. The first-order chi connectivity index (χ1) is 20.4. The van der Waals surface area contributed by atoms with Crippen LogP contribution in [-0.2, 0) is 49.6 Å². The molecule has 0 aliphatic rings. The number of hydrogen-bond acceptors (Lipinski definition) is 9. The van der Waals surface area contributed by atoms with Crippen molar-refractivity contribution in [1.82, 2.24) is 20.7 Å². The molecule has 0 saturated carbocycles. The highest BCUT2D eigenvalue weighted by Gasteiger charge is 2.23. The number of aliphatic carboxylic acids is 2. The van der Waals surface area contributed by atoms with E-state index in [1.54, 1.807) is 6.92 Å². The number of carbonyl (C=O) groups excluding carboxylic acids is 4. The maximum atomic E-state index is 12.0. The Bertz CT molecular complexity index is 878. The molecule has 43 heavy (non-hydrogen) atoms. The molecule has 0 aromatic heterocycles. The molecule has 15 nitrogen and oxygen atoms in total. The Morgan fingerprint density at radius 1 is 0.767 bits per heavy atom. The summed E-state index contributed by atoms with van der Waals surface area (Å²) < 4.78 is 24.8. The third kappa shape index (κ3) is 22.3. The first-order valence-electron chi connectivity index (χ1n) is 14.5. The van der Waals surface area contributed by atoms with E-state index in [-0.39, 0.29) is 75.5 Å². The van der Waals surface area contributed by atoms with Gasteiger partial charge in [0.15, 0.2) is 0 Å². The van der Waals surface area contributed by atoms with Crippen LogP contribution in [0.5, 0.6) is 0 Å². The minimum atomic E-state index is -1.53. The lowest BCUT2D eigenvalue weighted by atomic mass is 10.0. The van der Waals surface area contributed by atoms with Gasteiger partial charge >= 0.3 is 11.9 Å². The average molecular weight is 637 g/mol. The predicted molar refractivity (Wildman–Crippen MR) is 157 cm³/mol. The van der Waals surface area contributed by atoms with Gasteiger partial charge < -0.3 is 40.2 Å². The van der Waals surface area contributed by atoms with Crippen LogP contribution in [0, 0.1) is 5.92 Å². The minimum Gasteiger partial charge on any atom is -0.593 e. The van der Waals surface area contributed by atoms with Crippen LogP contribution in [-0.4, -0.2) is 101 Å². The maximum absolute atomic E-state index is 12.0. The largest absolute Gasteiger partial charge is 0.593 e. The van der Waals surface area contributed by atoms with Gasteiger partial charge in [-0.3, -0.25) is 19.2 Å². The third-order valence-electron chi connectivity index (χ3n) is 5.95. The van der Waals surface area contributed by atoms with Gasteiger partial charge in [0.05, 0.1) is 31.2 Å². The van der Waals surface area contributed by atoms with Gasteiger partial charge in [-0.05, 0) is 18.8 Å². The quantitative estimate of drug-likeness (QED) is 0.0556. The van der Waals surface area contributed by atoms with Crippen LogP contribution >= 0.6 is 0 Å². The zero-order chi connectivity index (χ0) is 32.6. The van der Waals surface area contributed by atoms with Gasteiger partial charge in [0.1, 0.15) is 24.4 Å². The Hall–Kier alpha value is -2.95. The fourth-order valence-corrected chi connectivity index (χ4v) is 4.66.